The van der Waals surface area contributed by atoms with Crippen LogP contribution < -0.4 is 9.67 Å². The van der Waals surface area contributed by atoms with Crippen LogP contribution in [0.5, 0.6) is 0 Å². The molecule has 0 spiro atoms. The zero-order chi connectivity index (χ0) is 23.3. The molecule has 0 unspecified atom stereocenters. The van der Waals surface area contributed by atoms with Crippen LogP contribution in [0.15, 0.2) is 60.8 Å². The molecule has 0 saturated heterocycles. The lowest BCUT2D eigenvalue weighted by molar-refractivity contribution is -0.600. The number of fused-ring (bicyclic) bond motifs is 7. The van der Waals surface area contributed by atoms with Gasteiger partial charge in [0.15, 0.2) is 11.8 Å². The van der Waals surface area contributed by atoms with E-state index in [4.69, 9.17) is 9.90 Å². The maximum Gasteiger partial charge on any atom is 0.430 e. The highest BCUT2D eigenvalue weighted by molar-refractivity contribution is 6.08. The number of carboxylic acids is 1. The number of aromatic nitrogens is 2. The summed E-state index contributed by atoms with van der Waals surface area (Å²) in [6.45, 7) is 1.52. The third-order valence-corrected chi connectivity index (χ3v) is 5.35. The molecule has 2 aromatic carbocycles. The van der Waals surface area contributed by atoms with Crippen molar-refractivity contribution in [2.24, 2.45) is 0 Å². The number of nitrogens with one attached hydrogen (secondary N) is 1. The molecule has 5 rings (SSSR count). The van der Waals surface area contributed by atoms with Crippen molar-refractivity contribution < 1.29 is 37.5 Å². The van der Waals surface area contributed by atoms with Gasteiger partial charge in [0.2, 0.25) is 11.4 Å². The molecular formula is C23H17F3N2O4. The predicted octanol–water partition coefficient (Wildman–Crippen LogP) is 2.42. The van der Waals surface area contributed by atoms with Crippen LogP contribution in [0.3, 0.4) is 0 Å². The fraction of sp³-hybridized carbons (Fsp3) is 0.174. The molecule has 32 heavy (non-hydrogen) atoms. The molecule has 0 fully saturated rings. The Labute approximate surface area is 179 Å². The van der Waals surface area contributed by atoms with Crippen molar-refractivity contribution in [2.75, 3.05) is 0 Å². The van der Waals surface area contributed by atoms with Crippen LogP contribution in [0.1, 0.15) is 24.6 Å². The number of pyridine rings is 1. The molecule has 0 amide bonds. The topological polar surface area (TPSA) is 97.1 Å². The molecular weight excluding hydrogens is 425 g/mol. The summed E-state index contributed by atoms with van der Waals surface area (Å²) >= 11 is 0. The van der Waals surface area contributed by atoms with Gasteiger partial charge in [0.05, 0.1) is 5.56 Å². The first-order valence-corrected chi connectivity index (χ1v) is 9.59. The van der Waals surface area contributed by atoms with E-state index in [9.17, 15) is 23.1 Å². The Morgan fingerprint density at radius 2 is 1.69 bits per heavy atom. The number of ketones is 1. The first kappa shape index (κ1) is 21.5. The van der Waals surface area contributed by atoms with Crippen molar-refractivity contribution in [3.8, 4) is 5.69 Å². The maximum absolute atomic E-state index is 12.0. The van der Waals surface area contributed by atoms with E-state index in [0.29, 0.717) is 0 Å². The number of aromatic amines is 1. The number of Topliss-reactive ketones (excluding diaryl/α,β-unsaturated/α-hetero) is 1. The molecule has 1 aliphatic rings. The summed E-state index contributed by atoms with van der Waals surface area (Å²) < 4.78 is 33.5. The number of benzene rings is 2. The molecule has 0 bridgehead atoms. The van der Waals surface area contributed by atoms with Crippen molar-refractivity contribution >= 4 is 33.6 Å². The van der Waals surface area contributed by atoms with Crippen molar-refractivity contribution in [3.05, 3.63) is 72.1 Å². The van der Waals surface area contributed by atoms with Gasteiger partial charge in [0.25, 0.3) is 0 Å². The highest BCUT2D eigenvalue weighted by atomic mass is 19.4. The number of nitrogens with zero attached hydrogens (tertiary/aromatic N) is 1. The van der Waals surface area contributed by atoms with Gasteiger partial charge in [-0.1, -0.05) is 30.3 Å². The van der Waals surface area contributed by atoms with E-state index in [0.717, 1.165) is 38.8 Å². The van der Waals surface area contributed by atoms with Gasteiger partial charge in [-0.15, -0.1) is 0 Å². The van der Waals surface area contributed by atoms with Crippen molar-refractivity contribution in [3.63, 3.8) is 0 Å². The van der Waals surface area contributed by atoms with Gasteiger partial charge in [0.1, 0.15) is 17.3 Å². The quantitative estimate of drug-likeness (QED) is 0.466. The van der Waals surface area contributed by atoms with Crippen LogP contribution in [0.4, 0.5) is 13.2 Å². The Morgan fingerprint density at radius 1 is 1.06 bits per heavy atom. The Kier molecular flexibility index (Phi) is 5.01. The van der Waals surface area contributed by atoms with Crippen LogP contribution in [0, 0.1) is 0 Å². The minimum absolute atomic E-state index is 0.0427. The van der Waals surface area contributed by atoms with Gasteiger partial charge in [-0.05, 0) is 19.1 Å². The van der Waals surface area contributed by atoms with Crippen LogP contribution in [0.2, 0.25) is 0 Å². The van der Waals surface area contributed by atoms with Gasteiger partial charge < -0.3 is 20.0 Å². The van der Waals surface area contributed by atoms with E-state index in [1.807, 2.05) is 53.2 Å². The van der Waals surface area contributed by atoms with Crippen LogP contribution in [-0.4, -0.2) is 28.0 Å². The summed E-state index contributed by atoms with van der Waals surface area (Å²) in [5, 5.41) is 22.6. The number of carboxylic acid groups (broad SMARTS) is 1. The Hall–Kier alpha value is -3.72. The summed E-state index contributed by atoms with van der Waals surface area (Å²) in [4.78, 5) is 24.2. The molecule has 164 valence electrons. The number of rotatable bonds is 2. The highest BCUT2D eigenvalue weighted by Crippen LogP contribution is 2.42. The lowest BCUT2D eigenvalue weighted by Crippen LogP contribution is -2.37. The van der Waals surface area contributed by atoms with Crippen LogP contribution >= 0.6 is 0 Å². The van der Waals surface area contributed by atoms with Gasteiger partial charge >= 0.3 is 6.18 Å². The van der Waals surface area contributed by atoms with Crippen LogP contribution in [0.25, 0.3) is 27.5 Å². The second-order valence-corrected chi connectivity index (χ2v) is 7.54. The van der Waals surface area contributed by atoms with Gasteiger partial charge in [-0.3, -0.25) is 4.79 Å². The predicted molar refractivity (Wildman–Crippen MR) is 107 cm³/mol. The highest BCUT2D eigenvalue weighted by Gasteiger charge is 2.51. The molecule has 2 N–H and O–H groups in total. The molecule has 0 aliphatic carbocycles. The maximum atomic E-state index is 12.0. The number of halogens is 3. The zero-order valence-electron chi connectivity index (χ0n) is 16.7. The number of hydrogen-bond donors (Lipinski definition) is 2. The Balaban J connectivity index is 0.000000307. The Bertz CT molecular complexity index is 1380. The standard InChI is InChI=1S/C21H16N2O2.C2HF3O2/c1-13(24)12-21(25)16-7-3-5-9-18(16)23-11-10-15-14-6-2-4-8-17(14)22-19(15)20(21)23;3-2(4,5)1(6)7/h2-11,25H,12H2,1H3;(H,6,7)/t21-;/m0./s1. The molecule has 9 heteroatoms. The number of carbonyl (C=O) groups excluding carboxylic acids is 2. The number of aliphatic hydroxyl groups is 1. The van der Waals surface area contributed by atoms with E-state index in [2.05, 4.69) is 17.1 Å². The zero-order valence-corrected chi connectivity index (χ0v) is 16.7. The summed E-state index contributed by atoms with van der Waals surface area (Å²) in [7, 11) is 0. The molecule has 4 aromatic rings. The average molecular weight is 442 g/mol. The van der Waals surface area contributed by atoms with E-state index in [1.54, 1.807) is 0 Å². The summed E-state index contributed by atoms with van der Waals surface area (Å²) in [5.41, 5.74) is 3.00. The fourth-order valence-corrected chi connectivity index (χ4v) is 4.17. The molecule has 1 atom stereocenters. The molecule has 2 aromatic heterocycles. The van der Waals surface area contributed by atoms with Crippen molar-refractivity contribution in [1.29, 1.82) is 0 Å². The molecule has 0 radical (unpaired) electrons. The first-order valence-electron chi connectivity index (χ1n) is 9.59. The second-order valence-electron chi connectivity index (χ2n) is 7.54. The number of alkyl halides is 3. The summed E-state index contributed by atoms with van der Waals surface area (Å²) in [5.74, 6) is -3.05. The second kappa shape index (κ2) is 7.45. The van der Waals surface area contributed by atoms with Crippen LogP contribution in [-0.2, 0) is 15.2 Å². The summed E-state index contributed by atoms with van der Waals surface area (Å²) in [6, 6.07) is 17.9. The monoisotopic (exact) mass is 442 g/mol. The minimum atomic E-state index is -5.19. The third kappa shape index (κ3) is 3.40. The number of carbonyl (C=O) groups is 2. The molecule has 1 aliphatic heterocycles. The smallest absolute Gasteiger partial charge is 0.430 e. The fourth-order valence-electron chi connectivity index (χ4n) is 4.17. The van der Waals surface area contributed by atoms with Crippen molar-refractivity contribution in [1.82, 2.24) is 4.98 Å². The minimum Gasteiger partial charge on any atom is -0.542 e. The van der Waals surface area contributed by atoms with Crippen molar-refractivity contribution in [2.45, 2.75) is 25.1 Å². The average Bonchev–Trinajstić information content (AvgIpc) is 3.21. The van der Waals surface area contributed by atoms with E-state index < -0.39 is 17.7 Å². The Morgan fingerprint density at radius 3 is 2.34 bits per heavy atom. The number of H-pyrrole nitrogens is 1. The van der Waals surface area contributed by atoms with E-state index in [1.165, 1.54) is 6.92 Å². The molecule has 0 saturated carbocycles. The van der Waals surface area contributed by atoms with E-state index >= 15 is 0 Å². The SMILES string of the molecule is CC(=O)C[C@]1(O)c2ccccc2-[n+]2ccc3c([nH]c4ccccc43)c21.O=C([O-])C(F)(F)F. The normalized spacial score (nSPS) is 16.9. The first-order chi connectivity index (χ1) is 15.0. The number of para-hydroxylation sites is 2. The largest absolute Gasteiger partial charge is 0.542 e. The lowest BCUT2D eigenvalue weighted by Gasteiger charge is -2.18. The summed E-state index contributed by atoms with van der Waals surface area (Å²) in [6.07, 6.45) is -3.16. The third-order valence-electron chi connectivity index (χ3n) is 5.35. The number of hydrogen-bond acceptors (Lipinski definition) is 4. The lowest BCUT2D eigenvalue weighted by atomic mass is 9.87. The van der Waals surface area contributed by atoms with E-state index in [-0.39, 0.29) is 12.2 Å². The molecule has 6 nitrogen and oxygen atoms in total. The van der Waals surface area contributed by atoms with Gasteiger partial charge in [0, 0.05) is 34.8 Å². The molecule has 3 heterocycles. The number of aliphatic carboxylic acids is 1. The van der Waals surface area contributed by atoms with Gasteiger partial charge in [-0.25, -0.2) is 0 Å². The van der Waals surface area contributed by atoms with Gasteiger partial charge in [-0.2, -0.15) is 17.7 Å².